The zero-order valence-corrected chi connectivity index (χ0v) is 24.6. The Balaban J connectivity index is 1.46. The van der Waals surface area contributed by atoms with Crippen LogP contribution in [-0.2, 0) is 4.18 Å². The van der Waals surface area contributed by atoms with Gasteiger partial charge in [-0.1, -0.05) is 66.0 Å². The highest BCUT2D eigenvalue weighted by atomic mass is 127. The number of rotatable bonds is 8. The number of hydrogen-bond acceptors (Lipinski definition) is 2. The quantitative estimate of drug-likeness (QED) is 0.163. The maximum atomic E-state index is 5.96. The van der Waals surface area contributed by atoms with Crippen LogP contribution in [0.15, 0.2) is 11.6 Å². The Morgan fingerprint density at radius 3 is 2.53 bits per heavy atom. The van der Waals surface area contributed by atoms with E-state index >= 15 is 0 Å². The van der Waals surface area contributed by atoms with Gasteiger partial charge in [-0.2, -0.15) is 0 Å². The second-order valence-electron chi connectivity index (χ2n) is 13.0. The summed E-state index contributed by atoms with van der Waals surface area (Å²) in [5.74, 6) is 6.45. The maximum Gasteiger partial charge on any atom is 0.0769 e. The minimum atomic E-state index is 0.441. The maximum absolute atomic E-state index is 5.96. The highest BCUT2D eigenvalue weighted by Crippen LogP contribution is 2.67. The van der Waals surface area contributed by atoms with Crippen LogP contribution < -0.4 is 0 Å². The number of hydrogen-bond donors (Lipinski definition) is 0. The largest absolute Gasteiger partial charge is 0.302 e. The van der Waals surface area contributed by atoms with Crippen molar-refractivity contribution in [3.63, 3.8) is 0 Å². The van der Waals surface area contributed by atoms with Crippen LogP contribution in [0.25, 0.3) is 0 Å². The standard InChI is InChI=1S/C29H49IOS/c1-7-21(19(2)3)9-8-20(4)25-12-13-26-24-11-10-22-18-23(31-32-30)14-16-28(22,5)27(24)15-17-29(25,26)6/h10,19-21,23-27H,7-9,11-18H2,1-6H3. The van der Waals surface area contributed by atoms with Gasteiger partial charge in [0.05, 0.1) is 15.3 Å². The lowest BCUT2D eigenvalue weighted by molar-refractivity contribution is -0.0553. The normalized spacial score (nSPS) is 43.2. The van der Waals surface area contributed by atoms with E-state index in [0.717, 1.165) is 41.4 Å². The van der Waals surface area contributed by atoms with Gasteiger partial charge in [0.1, 0.15) is 0 Å². The molecular weight excluding hydrogens is 523 g/mol. The van der Waals surface area contributed by atoms with Crippen molar-refractivity contribution in [2.45, 2.75) is 118 Å². The third-order valence-electron chi connectivity index (χ3n) is 11.5. The fourth-order valence-electron chi connectivity index (χ4n) is 9.42. The molecule has 4 aliphatic carbocycles. The van der Waals surface area contributed by atoms with Gasteiger partial charge in [0.15, 0.2) is 0 Å². The van der Waals surface area contributed by atoms with Crippen LogP contribution in [0.2, 0.25) is 0 Å². The Bertz CT molecular complexity index is 676. The summed E-state index contributed by atoms with van der Waals surface area (Å²) >= 11 is 2.29. The molecule has 32 heavy (non-hydrogen) atoms. The Labute approximate surface area is 215 Å². The van der Waals surface area contributed by atoms with E-state index in [1.807, 2.05) is 0 Å². The van der Waals surface area contributed by atoms with Gasteiger partial charge >= 0.3 is 0 Å². The lowest BCUT2D eigenvalue weighted by Gasteiger charge is -2.58. The Morgan fingerprint density at radius 2 is 1.84 bits per heavy atom. The van der Waals surface area contributed by atoms with Gasteiger partial charge in [0.2, 0.25) is 0 Å². The van der Waals surface area contributed by atoms with E-state index in [2.05, 4.69) is 68.8 Å². The first-order chi connectivity index (χ1) is 15.2. The molecule has 0 bridgehead atoms. The van der Waals surface area contributed by atoms with E-state index < -0.39 is 0 Å². The van der Waals surface area contributed by atoms with Crippen molar-refractivity contribution in [1.82, 2.24) is 0 Å². The third kappa shape index (κ3) is 4.63. The van der Waals surface area contributed by atoms with Gasteiger partial charge in [-0.25, -0.2) is 0 Å². The molecule has 0 aromatic rings. The van der Waals surface area contributed by atoms with E-state index in [0.29, 0.717) is 16.9 Å². The molecule has 4 rings (SSSR count). The fraction of sp³-hybridized carbons (Fsp3) is 0.931. The third-order valence-corrected chi connectivity index (χ3v) is 12.4. The average Bonchev–Trinajstić information content (AvgIpc) is 3.11. The summed E-state index contributed by atoms with van der Waals surface area (Å²) in [6.07, 6.45) is 18.5. The molecule has 0 spiro atoms. The van der Waals surface area contributed by atoms with E-state index in [-0.39, 0.29) is 0 Å². The SMILES string of the molecule is CCC(CCC(C)C1CCC2C3CC=C4CC(OSI)CCC4(C)C3CCC12C)C(C)C. The molecule has 0 saturated heterocycles. The van der Waals surface area contributed by atoms with Gasteiger partial charge in [-0.15, -0.1) is 0 Å². The van der Waals surface area contributed by atoms with E-state index in [1.165, 1.54) is 79.8 Å². The van der Waals surface area contributed by atoms with Crippen molar-refractivity contribution >= 4 is 30.4 Å². The highest BCUT2D eigenvalue weighted by Gasteiger charge is 2.59. The van der Waals surface area contributed by atoms with Crippen LogP contribution in [0.4, 0.5) is 0 Å². The molecule has 3 heteroatoms. The molecule has 184 valence electrons. The van der Waals surface area contributed by atoms with Gasteiger partial charge in [0.25, 0.3) is 0 Å². The van der Waals surface area contributed by atoms with Gasteiger partial charge < -0.3 is 4.18 Å². The molecule has 0 aliphatic heterocycles. The second-order valence-corrected chi connectivity index (χ2v) is 14.4. The van der Waals surface area contributed by atoms with Crippen LogP contribution in [0.1, 0.15) is 112 Å². The summed E-state index contributed by atoms with van der Waals surface area (Å²) in [6.45, 7) is 15.2. The number of halogens is 1. The molecule has 0 radical (unpaired) electrons. The van der Waals surface area contributed by atoms with Crippen molar-refractivity contribution < 1.29 is 4.18 Å². The van der Waals surface area contributed by atoms with Crippen molar-refractivity contribution in [1.29, 1.82) is 0 Å². The van der Waals surface area contributed by atoms with Gasteiger partial charge in [-0.05, 0) is 110 Å². The van der Waals surface area contributed by atoms with Crippen molar-refractivity contribution in [3.8, 4) is 0 Å². The van der Waals surface area contributed by atoms with E-state index in [4.69, 9.17) is 4.18 Å². The predicted octanol–water partition coefficient (Wildman–Crippen LogP) is 10.0. The van der Waals surface area contributed by atoms with Crippen LogP contribution >= 0.6 is 30.4 Å². The number of fused-ring (bicyclic) bond motifs is 5. The predicted molar refractivity (Wildman–Crippen MR) is 149 cm³/mol. The minimum Gasteiger partial charge on any atom is -0.302 e. The Kier molecular flexibility index (Phi) is 8.41. The first-order valence-corrected chi connectivity index (χ1v) is 17.2. The fourth-order valence-corrected chi connectivity index (χ4v) is 10.6. The molecular formula is C29H49IOS. The average molecular weight is 573 g/mol. The topological polar surface area (TPSA) is 9.23 Å². The van der Waals surface area contributed by atoms with Crippen molar-refractivity contribution in [2.75, 3.05) is 0 Å². The summed E-state index contributed by atoms with van der Waals surface area (Å²) in [7, 11) is 1.54. The molecule has 0 aromatic carbocycles. The molecule has 0 amide bonds. The van der Waals surface area contributed by atoms with Crippen LogP contribution in [0.3, 0.4) is 0 Å². The van der Waals surface area contributed by atoms with Gasteiger partial charge in [-0.3, -0.25) is 0 Å². The summed E-state index contributed by atoms with van der Waals surface area (Å²) in [5.41, 5.74) is 2.81. The monoisotopic (exact) mass is 572 g/mol. The Morgan fingerprint density at radius 1 is 1.06 bits per heavy atom. The smallest absolute Gasteiger partial charge is 0.0769 e. The first-order valence-electron chi connectivity index (χ1n) is 13.9. The molecule has 0 N–H and O–H groups in total. The van der Waals surface area contributed by atoms with Crippen LogP contribution in [0.5, 0.6) is 0 Å². The molecule has 4 aliphatic rings. The summed E-state index contributed by atoms with van der Waals surface area (Å²) < 4.78 is 5.96. The zero-order chi connectivity index (χ0) is 23.1. The summed E-state index contributed by atoms with van der Waals surface area (Å²) in [5, 5.41) is 0. The zero-order valence-electron chi connectivity index (χ0n) is 21.7. The molecule has 0 aromatic heterocycles. The van der Waals surface area contributed by atoms with Crippen molar-refractivity contribution in [2.24, 2.45) is 52.3 Å². The molecule has 3 saturated carbocycles. The molecule has 0 heterocycles. The molecule has 1 nitrogen and oxygen atoms in total. The van der Waals surface area contributed by atoms with E-state index in [1.54, 1.807) is 5.57 Å². The second kappa shape index (κ2) is 10.4. The lowest BCUT2D eigenvalue weighted by Crippen LogP contribution is -2.50. The molecule has 9 atom stereocenters. The summed E-state index contributed by atoms with van der Waals surface area (Å²) in [6, 6.07) is 0. The molecule has 3 fully saturated rings. The van der Waals surface area contributed by atoms with E-state index in [9.17, 15) is 0 Å². The van der Waals surface area contributed by atoms with Crippen LogP contribution in [-0.4, -0.2) is 6.10 Å². The van der Waals surface area contributed by atoms with Crippen molar-refractivity contribution in [3.05, 3.63) is 11.6 Å². The lowest BCUT2D eigenvalue weighted by atomic mass is 9.47. The summed E-state index contributed by atoms with van der Waals surface area (Å²) in [4.78, 5) is 0. The number of allylic oxidation sites excluding steroid dienone is 1. The Hall–Kier alpha value is 0.780. The first kappa shape index (κ1) is 25.9. The molecule has 9 unspecified atom stereocenters. The highest BCUT2D eigenvalue weighted by molar-refractivity contribution is 14.2. The van der Waals surface area contributed by atoms with Crippen LogP contribution in [0, 0.1) is 52.3 Å². The van der Waals surface area contributed by atoms with Gasteiger partial charge in [0, 0.05) is 21.2 Å². The minimum absolute atomic E-state index is 0.441.